The fourth-order valence-corrected chi connectivity index (χ4v) is 4.52. The van der Waals surface area contributed by atoms with Gasteiger partial charge in [-0.2, -0.15) is 4.31 Å². The van der Waals surface area contributed by atoms with Crippen LogP contribution in [0, 0.1) is 0 Å². The highest BCUT2D eigenvalue weighted by molar-refractivity contribution is 7.89. The molecule has 2 rings (SSSR count). The van der Waals surface area contributed by atoms with E-state index in [2.05, 4.69) is 4.90 Å². The minimum Gasteiger partial charge on any atom is -0.497 e. The largest absolute Gasteiger partial charge is 0.497 e. The molecule has 0 aliphatic carbocycles. The van der Waals surface area contributed by atoms with Crippen LogP contribution in [-0.2, 0) is 14.8 Å². The number of aliphatic carboxylic acids is 1. The molecule has 0 amide bonds. The molecule has 1 fully saturated rings. The van der Waals surface area contributed by atoms with E-state index in [1.807, 2.05) is 0 Å². The number of carboxylic acid groups (broad SMARTS) is 1. The van der Waals surface area contributed by atoms with E-state index in [9.17, 15) is 13.2 Å². The van der Waals surface area contributed by atoms with Gasteiger partial charge in [-0.05, 0) is 31.5 Å². The number of methoxy groups -OCH3 is 2. The first kappa shape index (κ1) is 20.5. The lowest BCUT2D eigenvalue weighted by atomic mass is 10.2. The number of ether oxygens (including phenoxy) is 2. The van der Waals surface area contributed by atoms with Crippen LogP contribution in [0.25, 0.3) is 0 Å². The van der Waals surface area contributed by atoms with Crippen molar-refractivity contribution in [2.75, 3.05) is 46.9 Å². The molecule has 0 aromatic heterocycles. The van der Waals surface area contributed by atoms with Gasteiger partial charge in [-0.1, -0.05) is 0 Å². The number of nitrogens with zero attached hydrogens (tertiary/aromatic N) is 2. The average molecular weight is 386 g/mol. The first-order valence-corrected chi connectivity index (χ1v) is 9.99. The zero-order valence-electron chi connectivity index (χ0n) is 15.2. The quantitative estimate of drug-likeness (QED) is 0.638. The third-order valence-corrected chi connectivity index (χ3v) is 6.35. The average Bonchev–Trinajstić information content (AvgIpc) is 2.65. The smallest absolute Gasteiger partial charge is 0.303 e. The van der Waals surface area contributed by atoms with Crippen molar-refractivity contribution in [3.8, 4) is 11.5 Å². The van der Waals surface area contributed by atoms with Crippen molar-refractivity contribution in [3.63, 3.8) is 0 Å². The second kappa shape index (κ2) is 9.20. The van der Waals surface area contributed by atoms with E-state index in [4.69, 9.17) is 14.6 Å². The number of sulfonamides is 1. The molecule has 1 aliphatic heterocycles. The molecule has 9 heteroatoms. The monoisotopic (exact) mass is 386 g/mol. The minimum absolute atomic E-state index is 0.106. The topological polar surface area (TPSA) is 96.4 Å². The standard InChI is InChI=1S/C17H26N2O6S/c1-24-14-6-7-15(25-2)16(13-14)26(22,23)19-11-9-18(10-12-19)8-4-3-5-17(20)21/h6-7,13H,3-5,8-12H2,1-2H3,(H,20,21). The Bertz CT molecular complexity index is 714. The van der Waals surface area contributed by atoms with Crippen molar-refractivity contribution in [1.82, 2.24) is 9.21 Å². The Kier molecular flexibility index (Phi) is 7.24. The Labute approximate surface area is 154 Å². The fourth-order valence-electron chi connectivity index (χ4n) is 2.93. The van der Waals surface area contributed by atoms with Crippen LogP contribution in [0.1, 0.15) is 19.3 Å². The van der Waals surface area contributed by atoms with Gasteiger partial charge in [0.1, 0.15) is 16.4 Å². The third-order valence-electron chi connectivity index (χ3n) is 4.43. The molecule has 1 heterocycles. The Balaban J connectivity index is 1.98. The van der Waals surface area contributed by atoms with Gasteiger partial charge in [0.25, 0.3) is 0 Å². The Morgan fingerprint density at radius 1 is 1.12 bits per heavy atom. The molecule has 0 bridgehead atoms. The van der Waals surface area contributed by atoms with Crippen molar-refractivity contribution in [1.29, 1.82) is 0 Å². The molecule has 0 unspecified atom stereocenters. The van der Waals surface area contributed by atoms with E-state index in [-0.39, 0.29) is 11.3 Å². The second-order valence-corrected chi connectivity index (χ2v) is 8.02. The lowest BCUT2D eigenvalue weighted by Crippen LogP contribution is -2.48. The van der Waals surface area contributed by atoms with Crippen molar-refractivity contribution in [2.45, 2.75) is 24.2 Å². The van der Waals surface area contributed by atoms with Crippen LogP contribution in [0.15, 0.2) is 23.1 Å². The summed E-state index contributed by atoms with van der Waals surface area (Å²) in [4.78, 5) is 12.8. The van der Waals surface area contributed by atoms with Gasteiger partial charge in [0.2, 0.25) is 10.0 Å². The number of hydrogen-bond donors (Lipinski definition) is 1. The number of benzene rings is 1. The Hall–Kier alpha value is -1.84. The zero-order chi connectivity index (χ0) is 19.2. The van der Waals surface area contributed by atoms with Crippen molar-refractivity contribution >= 4 is 16.0 Å². The van der Waals surface area contributed by atoms with Gasteiger partial charge in [-0.15, -0.1) is 0 Å². The van der Waals surface area contributed by atoms with E-state index >= 15 is 0 Å². The van der Waals surface area contributed by atoms with Gasteiger partial charge in [0, 0.05) is 38.7 Å². The molecule has 0 radical (unpaired) electrons. The van der Waals surface area contributed by atoms with Gasteiger partial charge in [0.15, 0.2) is 0 Å². The summed E-state index contributed by atoms with van der Waals surface area (Å²) >= 11 is 0. The number of unbranched alkanes of at least 4 members (excludes halogenated alkanes) is 1. The summed E-state index contributed by atoms with van der Waals surface area (Å²) in [6.45, 7) is 2.81. The van der Waals surface area contributed by atoms with Gasteiger partial charge in [0.05, 0.1) is 14.2 Å². The third kappa shape index (κ3) is 5.09. The molecule has 1 aromatic rings. The van der Waals surface area contributed by atoms with Crippen LogP contribution in [0.4, 0.5) is 0 Å². The highest BCUT2D eigenvalue weighted by atomic mass is 32.2. The molecule has 26 heavy (non-hydrogen) atoms. The molecule has 1 aromatic carbocycles. The van der Waals surface area contributed by atoms with Gasteiger partial charge >= 0.3 is 5.97 Å². The molecule has 0 atom stereocenters. The fraction of sp³-hybridized carbons (Fsp3) is 0.588. The molecule has 1 saturated heterocycles. The number of rotatable bonds is 9. The molecule has 0 saturated carbocycles. The summed E-state index contributed by atoms with van der Waals surface area (Å²) in [6.07, 6.45) is 1.60. The maximum atomic E-state index is 13.0. The number of hydrogen-bond acceptors (Lipinski definition) is 6. The first-order valence-electron chi connectivity index (χ1n) is 8.55. The lowest BCUT2D eigenvalue weighted by Gasteiger charge is -2.34. The summed E-state index contributed by atoms with van der Waals surface area (Å²) in [5.74, 6) is -0.0310. The lowest BCUT2D eigenvalue weighted by molar-refractivity contribution is -0.137. The maximum absolute atomic E-state index is 13.0. The van der Waals surface area contributed by atoms with Crippen LogP contribution in [-0.4, -0.2) is 75.6 Å². The normalized spacial score (nSPS) is 16.4. The van der Waals surface area contributed by atoms with E-state index in [0.717, 1.165) is 13.0 Å². The summed E-state index contributed by atoms with van der Waals surface area (Å²) < 4.78 is 37.8. The molecular formula is C17H26N2O6S. The van der Waals surface area contributed by atoms with E-state index in [1.54, 1.807) is 12.1 Å². The SMILES string of the molecule is COc1ccc(OC)c(S(=O)(=O)N2CCN(CCCCC(=O)O)CC2)c1. The summed E-state index contributed by atoms with van der Waals surface area (Å²) in [5.41, 5.74) is 0. The van der Waals surface area contributed by atoms with Gasteiger partial charge in [-0.25, -0.2) is 8.42 Å². The highest BCUT2D eigenvalue weighted by Gasteiger charge is 2.31. The molecule has 8 nitrogen and oxygen atoms in total. The van der Waals surface area contributed by atoms with Crippen LogP contribution in [0.2, 0.25) is 0 Å². The predicted octanol–water partition coefficient (Wildman–Crippen LogP) is 1.26. The predicted molar refractivity (Wildman–Crippen MR) is 96.2 cm³/mol. The first-order chi connectivity index (χ1) is 12.4. The van der Waals surface area contributed by atoms with E-state index < -0.39 is 16.0 Å². The van der Waals surface area contributed by atoms with Crippen LogP contribution in [0.5, 0.6) is 11.5 Å². The summed E-state index contributed by atoms with van der Waals surface area (Å²) in [5, 5.41) is 8.66. The van der Waals surface area contributed by atoms with Gasteiger partial charge in [-0.3, -0.25) is 4.79 Å². The molecular weight excluding hydrogens is 360 g/mol. The van der Waals surface area contributed by atoms with Crippen LogP contribution < -0.4 is 9.47 Å². The number of carbonyl (C=O) groups is 1. The van der Waals surface area contributed by atoms with Crippen LogP contribution >= 0.6 is 0 Å². The second-order valence-electron chi connectivity index (χ2n) is 6.11. The van der Waals surface area contributed by atoms with Crippen molar-refractivity contribution in [2.24, 2.45) is 0 Å². The summed E-state index contributed by atoms with van der Waals surface area (Å²) in [6, 6.07) is 4.73. The molecule has 1 N–H and O–H groups in total. The van der Waals surface area contributed by atoms with Gasteiger partial charge < -0.3 is 19.5 Å². The maximum Gasteiger partial charge on any atom is 0.303 e. The van der Waals surface area contributed by atoms with E-state index in [0.29, 0.717) is 44.1 Å². The number of carboxylic acids is 1. The van der Waals surface area contributed by atoms with Crippen molar-refractivity contribution < 1.29 is 27.8 Å². The Morgan fingerprint density at radius 3 is 2.38 bits per heavy atom. The van der Waals surface area contributed by atoms with Crippen molar-refractivity contribution in [3.05, 3.63) is 18.2 Å². The number of piperazine rings is 1. The Morgan fingerprint density at radius 2 is 1.81 bits per heavy atom. The molecule has 1 aliphatic rings. The van der Waals surface area contributed by atoms with Crippen LogP contribution in [0.3, 0.4) is 0 Å². The molecule has 146 valence electrons. The highest BCUT2D eigenvalue weighted by Crippen LogP contribution is 2.31. The zero-order valence-corrected chi connectivity index (χ0v) is 16.0. The summed E-state index contributed by atoms with van der Waals surface area (Å²) in [7, 11) is -0.745. The van der Waals surface area contributed by atoms with E-state index in [1.165, 1.54) is 24.6 Å². The minimum atomic E-state index is -3.67. The molecule has 0 spiro atoms.